The average Bonchev–Trinajstić information content (AvgIpc) is 3.58. The molecule has 1 aromatic heterocycles. The Morgan fingerprint density at radius 1 is 1.05 bits per heavy atom. The number of hydroxylamine groups is 1. The number of methoxy groups -OCH3 is 1. The number of halogens is 1. The third kappa shape index (κ3) is 4.23. The number of thiophene rings is 1. The van der Waals surface area contributed by atoms with Crippen LogP contribution in [0.25, 0.3) is 0 Å². The minimum absolute atomic E-state index is 0.0840. The monoisotopic (exact) mass is 562 g/mol. The Morgan fingerprint density at radius 2 is 1.75 bits per heavy atom. The summed E-state index contributed by atoms with van der Waals surface area (Å²) in [5, 5.41) is 1.88. The fourth-order valence-corrected chi connectivity index (χ4v) is 7.62. The van der Waals surface area contributed by atoms with Crippen LogP contribution in [0.2, 0.25) is 0 Å². The minimum atomic E-state index is -1.09. The van der Waals surface area contributed by atoms with Crippen molar-refractivity contribution in [3.8, 4) is 0 Å². The lowest BCUT2D eigenvalue weighted by molar-refractivity contribution is -0.126. The van der Waals surface area contributed by atoms with Crippen molar-refractivity contribution in [3.63, 3.8) is 0 Å². The van der Waals surface area contributed by atoms with Gasteiger partial charge in [-0.15, -0.1) is 11.3 Å². The second kappa shape index (κ2) is 9.82. The molecule has 0 unspecified atom stereocenters. The van der Waals surface area contributed by atoms with Crippen molar-refractivity contribution < 1.29 is 28.3 Å². The number of ether oxygens (including phenoxy) is 1. The lowest BCUT2D eigenvalue weighted by Crippen LogP contribution is -2.37. The predicted octanol–water partition coefficient (Wildman–Crippen LogP) is 5.88. The zero-order valence-electron chi connectivity index (χ0n) is 22.8. The van der Waals surface area contributed by atoms with Crippen molar-refractivity contribution in [1.29, 1.82) is 0 Å². The average molecular weight is 563 g/mol. The first-order chi connectivity index (χ1) is 19.1. The topological polar surface area (TPSA) is 76.2 Å². The Hall–Kier alpha value is -3.56. The van der Waals surface area contributed by atoms with Gasteiger partial charge in [0.1, 0.15) is 16.7 Å². The van der Waals surface area contributed by atoms with Gasteiger partial charge >= 0.3 is 5.97 Å². The molecule has 2 saturated heterocycles. The summed E-state index contributed by atoms with van der Waals surface area (Å²) in [5.74, 6) is -2.39. The number of esters is 1. The molecule has 9 heteroatoms. The summed E-state index contributed by atoms with van der Waals surface area (Å²) in [5.41, 5.74) is 2.57. The number of nitrogens with zero attached hydrogens (tertiary/aromatic N) is 2. The van der Waals surface area contributed by atoms with Crippen LogP contribution >= 0.6 is 11.3 Å². The molecule has 2 fully saturated rings. The number of amides is 2. The summed E-state index contributed by atoms with van der Waals surface area (Å²) in [6, 6.07) is 14.4. The smallest absolute Gasteiger partial charge is 0.341 e. The third-order valence-electron chi connectivity index (χ3n) is 8.40. The maximum atomic E-state index is 14.2. The van der Waals surface area contributed by atoms with Crippen LogP contribution in [0.5, 0.6) is 0 Å². The Kier molecular flexibility index (Phi) is 6.54. The van der Waals surface area contributed by atoms with Crippen molar-refractivity contribution in [1.82, 2.24) is 0 Å². The fraction of sp³-hybridized carbons (Fsp3) is 0.387. The number of carbonyl (C=O) groups excluding carboxylic acids is 3. The zero-order chi connectivity index (χ0) is 28.3. The number of anilines is 2. The predicted molar refractivity (Wildman–Crippen MR) is 150 cm³/mol. The molecular formula is C31H31FN2O5S. The van der Waals surface area contributed by atoms with Crippen molar-refractivity contribution in [3.05, 3.63) is 82.0 Å². The molecule has 3 aliphatic rings. The zero-order valence-corrected chi connectivity index (χ0v) is 23.7. The Morgan fingerprint density at radius 3 is 2.40 bits per heavy atom. The number of benzene rings is 2. The molecular weight excluding hydrogens is 531 g/mol. The summed E-state index contributed by atoms with van der Waals surface area (Å²) in [6.45, 7) is 6.62. The Balaban J connectivity index is 1.43. The third-order valence-corrected chi connectivity index (χ3v) is 9.64. The van der Waals surface area contributed by atoms with Crippen LogP contribution in [0.4, 0.5) is 15.1 Å². The molecule has 0 saturated carbocycles. The summed E-state index contributed by atoms with van der Waals surface area (Å²) in [6.07, 6.45) is 1.27. The second-order valence-electron chi connectivity index (χ2n) is 11.7. The molecule has 208 valence electrons. The van der Waals surface area contributed by atoms with Gasteiger partial charge in [-0.3, -0.25) is 14.4 Å². The van der Waals surface area contributed by atoms with E-state index in [9.17, 15) is 18.8 Å². The van der Waals surface area contributed by atoms with Gasteiger partial charge in [0.15, 0.2) is 6.10 Å². The standard InChI is InChI=1S/C31H31FN2O5S/c1-31(2,3)18-12-15-21-22(16-18)40-29(23(21)30(37)38-4)33-27(35)24-25(17-10-13-19(32)14-11-17)34(39-26(24)28(33)36)20-8-6-5-7-9-20/h5-11,13-14,18,24-26H,12,15-16H2,1-4H3/t18-,24-,25-,26-/m1/s1. The quantitative estimate of drug-likeness (QED) is 0.292. The van der Waals surface area contributed by atoms with Gasteiger partial charge in [0.05, 0.1) is 24.4 Å². The molecule has 4 atom stereocenters. The van der Waals surface area contributed by atoms with Gasteiger partial charge in [0.25, 0.3) is 5.91 Å². The number of hydrogen-bond donors (Lipinski definition) is 0. The lowest BCUT2D eigenvalue weighted by atomic mass is 9.72. The number of hydrogen-bond acceptors (Lipinski definition) is 7. The molecule has 7 nitrogen and oxygen atoms in total. The van der Waals surface area contributed by atoms with Gasteiger partial charge < -0.3 is 4.74 Å². The molecule has 0 bridgehead atoms. The van der Waals surface area contributed by atoms with E-state index in [0.717, 1.165) is 28.2 Å². The molecule has 0 radical (unpaired) electrons. The molecule has 6 rings (SSSR count). The highest BCUT2D eigenvalue weighted by Gasteiger charge is 2.61. The number of carbonyl (C=O) groups is 3. The number of fused-ring (bicyclic) bond motifs is 2. The normalized spacial score (nSPS) is 24.3. The van der Waals surface area contributed by atoms with Gasteiger partial charge in [-0.25, -0.2) is 19.1 Å². The van der Waals surface area contributed by atoms with E-state index in [1.807, 2.05) is 30.3 Å². The van der Waals surface area contributed by atoms with E-state index in [4.69, 9.17) is 9.57 Å². The van der Waals surface area contributed by atoms with E-state index >= 15 is 0 Å². The maximum absolute atomic E-state index is 14.2. The molecule has 0 N–H and O–H groups in total. The van der Waals surface area contributed by atoms with Gasteiger partial charge in [0.2, 0.25) is 5.91 Å². The molecule has 1 aliphatic carbocycles. The van der Waals surface area contributed by atoms with Gasteiger partial charge in [0, 0.05) is 4.88 Å². The Labute approximate surface area is 236 Å². The fourth-order valence-electron chi connectivity index (χ4n) is 6.19. The van der Waals surface area contributed by atoms with Crippen molar-refractivity contribution in [2.24, 2.45) is 17.3 Å². The van der Waals surface area contributed by atoms with E-state index in [-0.39, 0.29) is 5.41 Å². The first-order valence-corrected chi connectivity index (χ1v) is 14.3. The summed E-state index contributed by atoms with van der Waals surface area (Å²) in [7, 11) is 1.31. The number of imide groups is 1. The van der Waals surface area contributed by atoms with Crippen molar-refractivity contribution in [2.45, 2.75) is 52.2 Å². The minimum Gasteiger partial charge on any atom is -0.465 e. The summed E-state index contributed by atoms with van der Waals surface area (Å²) in [4.78, 5) is 49.6. The largest absolute Gasteiger partial charge is 0.465 e. The second-order valence-corrected chi connectivity index (χ2v) is 12.8. The maximum Gasteiger partial charge on any atom is 0.341 e. The van der Waals surface area contributed by atoms with Crippen molar-refractivity contribution in [2.75, 3.05) is 17.1 Å². The summed E-state index contributed by atoms with van der Waals surface area (Å²) < 4.78 is 19.0. The highest BCUT2D eigenvalue weighted by Crippen LogP contribution is 2.51. The highest BCUT2D eigenvalue weighted by molar-refractivity contribution is 7.17. The lowest BCUT2D eigenvalue weighted by Gasteiger charge is -2.33. The van der Waals surface area contributed by atoms with Crippen LogP contribution < -0.4 is 9.96 Å². The first kappa shape index (κ1) is 26.7. The molecule has 2 aliphatic heterocycles. The van der Waals surface area contributed by atoms with Crippen LogP contribution in [0, 0.1) is 23.1 Å². The van der Waals surface area contributed by atoms with Crippen LogP contribution in [0.3, 0.4) is 0 Å². The van der Waals surface area contributed by atoms with E-state index in [1.165, 1.54) is 30.6 Å². The number of para-hydroxylation sites is 1. The van der Waals surface area contributed by atoms with Crippen molar-refractivity contribution >= 4 is 39.8 Å². The van der Waals surface area contributed by atoms with Gasteiger partial charge in [-0.05, 0) is 66.0 Å². The van der Waals surface area contributed by atoms with E-state index in [0.29, 0.717) is 34.2 Å². The summed E-state index contributed by atoms with van der Waals surface area (Å²) >= 11 is 1.33. The Bertz CT molecular complexity index is 1480. The van der Waals surface area contributed by atoms with Gasteiger partial charge in [-0.2, -0.15) is 0 Å². The molecule has 2 aromatic carbocycles. The molecule has 40 heavy (non-hydrogen) atoms. The van der Waals surface area contributed by atoms with Crippen LogP contribution in [-0.2, 0) is 32.0 Å². The molecule has 0 spiro atoms. The molecule has 3 aromatic rings. The van der Waals surface area contributed by atoms with Crippen LogP contribution in [0.15, 0.2) is 54.6 Å². The molecule has 2 amide bonds. The van der Waals surface area contributed by atoms with Crippen LogP contribution in [0.1, 0.15) is 59.6 Å². The SMILES string of the molecule is COC(=O)c1c(N2C(=O)[C@@H]3[C@@H](c4ccc(F)cc4)N(c4ccccc4)O[C@H]3C2=O)sc2c1CC[C@@H](C(C)(C)C)C2. The molecule has 3 heterocycles. The first-order valence-electron chi connectivity index (χ1n) is 13.5. The van der Waals surface area contributed by atoms with Crippen LogP contribution in [-0.4, -0.2) is 31.0 Å². The highest BCUT2D eigenvalue weighted by atomic mass is 32.1. The number of rotatable bonds is 4. The van der Waals surface area contributed by atoms with Gasteiger partial charge in [-0.1, -0.05) is 51.1 Å². The van der Waals surface area contributed by atoms with E-state index in [2.05, 4.69) is 20.8 Å². The van der Waals surface area contributed by atoms with E-state index < -0.39 is 41.7 Å². The van der Waals surface area contributed by atoms with E-state index in [1.54, 1.807) is 17.2 Å².